The van der Waals surface area contributed by atoms with Crippen LogP contribution in [-0.4, -0.2) is 56.9 Å². The first-order valence-corrected chi connectivity index (χ1v) is 7.19. The summed E-state index contributed by atoms with van der Waals surface area (Å²) < 4.78 is 10.7. The van der Waals surface area contributed by atoms with Gasteiger partial charge in [-0.05, 0) is 25.3 Å². The number of ether oxygens (including phenoxy) is 2. The highest BCUT2D eigenvalue weighted by Gasteiger charge is 2.35. The number of rotatable bonds is 8. The summed E-state index contributed by atoms with van der Waals surface area (Å²) >= 11 is 0. The molecular weight excluding hydrogens is 244 g/mol. The van der Waals surface area contributed by atoms with Gasteiger partial charge in [0, 0.05) is 33.7 Å². The first-order valence-electron chi connectivity index (χ1n) is 7.19. The highest BCUT2D eigenvalue weighted by molar-refractivity contribution is 5.76. The van der Waals surface area contributed by atoms with E-state index in [0.717, 1.165) is 19.3 Å². The molecule has 1 rings (SSSR count). The van der Waals surface area contributed by atoms with E-state index in [2.05, 4.69) is 6.92 Å². The van der Waals surface area contributed by atoms with Gasteiger partial charge in [-0.25, -0.2) is 0 Å². The van der Waals surface area contributed by atoms with Gasteiger partial charge in [-0.1, -0.05) is 13.3 Å². The summed E-state index contributed by atoms with van der Waals surface area (Å²) in [7, 11) is 3.33. The number of carbonyl (C=O) groups is 1. The third kappa shape index (κ3) is 4.75. The minimum absolute atomic E-state index is 0.0000334. The van der Waals surface area contributed by atoms with Gasteiger partial charge in [0.2, 0.25) is 5.91 Å². The lowest BCUT2D eigenvalue weighted by molar-refractivity contribution is -0.131. The molecule has 0 aromatic rings. The summed E-state index contributed by atoms with van der Waals surface area (Å²) in [6.07, 6.45) is 3.63. The molecule has 0 aliphatic carbocycles. The van der Waals surface area contributed by atoms with Crippen molar-refractivity contribution in [3.63, 3.8) is 0 Å². The number of nitrogens with zero attached hydrogens (tertiary/aromatic N) is 1. The fourth-order valence-electron chi connectivity index (χ4n) is 2.67. The maximum Gasteiger partial charge on any atom is 0.222 e. The summed E-state index contributed by atoms with van der Waals surface area (Å²) in [6.45, 7) is 4.14. The Morgan fingerprint density at radius 1 is 1.26 bits per heavy atom. The lowest BCUT2D eigenvalue weighted by Crippen LogP contribution is -2.30. The lowest BCUT2D eigenvalue weighted by Gasteiger charge is -2.18. The van der Waals surface area contributed by atoms with Crippen molar-refractivity contribution < 1.29 is 14.3 Å². The lowest BCUT2D eigenvalue weighted by atomic mass is 9.96. The van der Waals surface area contributed by atoms with Crippen molar-refractivity contribution in [2.24, 2.45) is 11.7 Å². The molecule has 0 saturated carbocycles. The third-order valence-electron chi connectivity index (χ3n) is 4.09. The van der Waals surface area contributed by atoms with E-state index in [1.165, 1.54) is 0 Å². The van der Waals surface area contributed by atoms with Crippen molar-refractivity contribution in [1.29, 1.82) is 0 Å². The fourth-order valence-corrected chi connectivity index (χ4v) is 2.67. The molecule has 0 radical (unpaired) electrons. The van der Waals surface area contributed by atoms with Gasteiger partial charge in [0.25, 0.3) is 0 Å². The van der Waals surface area contributed by atoms with Crippen LogP contribution in [0.5, 0.6) is 0 Å². The molecule has 1 saturated heterocycles. The van der Waals surface area contributed by atoms with Crippen molar-refractivity contribution in [1.82, 2.24) is 4.90 Å². The van der Waals surface area contributed by atoms with E-state index in [0.29, 0.717) is 32.0 Å². The minimum atomic E-state index is -0.0000334. The van der Waals surface area contributed by atoms with Crippen LogP contribution in [0.25, 0.3) is 0 Å². The molecule has 0 spiro atoms. The van der Waals surface area contributed by atoms with Crippen molar-refractivity contribution >= 4 is 5.91 Å². The zero-order valence-corrected chi connectivity index (χ0v) is 12.4. The van der Waals surface area contributed by atoms with Crippen LogP contribution in [-0.2, 0) is 14.3 Å². The van der Waals surface area contributed by atoms with Crippen LogP contribution < -0.4 is 5.73 Å². The molecule has 1 fully saturated rings. The maximum absolute atomic E-state index is 12.2. The normalized spacial score (nSPS) is 24.7. The molecule has 0 bridgehead atoms. The molecule has 1 aliphatic heterocycles. The van der Waals surface area contributed by atoms with Crippen molar-refractivity contribution in [2.75, 3.05) is 33.9 Å². The van der Waals surface area contributed by atoms with Gasteiger partial charge < -0.3 is 20.1 Å². The highest BCUT2D eigenvalue weighted by Crippen LogP contribution is 2.20. The smallest absolute Gasteiger partial charge is 0.222 e. The van der Waals surface area contributed by atoms with Gasteiger partial charge in [-0.3, -0.25) is 4.79 Å². The summed E-state index contributed by atoms with van der Waals surface area (Å²) in [4.78, 5) is 14.0. The van der Waals surface area contributed by atoms with Crippen LogP contribution in [0, 0.1) is 5.92 Å². The van der Waals surface area contributed by atoms with Crippen LogP contribution in [0.2, 0.25) is 0 Å². The molecule has 3 unspecified atom stereocenters. The van der Waals surface area contributed by atoms with E-state index in [9.17, 15) is 4.79 Å². The first-order chi connectivity index (χ1) is 9.15. The Morgan fingerprint density at radius 3 is 2.26 bits per heavy atom. The summed E-state index contributed by atoms with van der Waals surface area (Å²) in [5.74, 6) is 0.769. The van der Waals surface area contributed by atoms with Gasteiger partial charge in [-0.15, -0.1) is 0 Å². The first kappa shape index (κ1) is 16.4. The molecule has 1 aliphatic rings. The highest BCUT2D eigenvalue weighted by atomic mass is 16.5. The van der Waals surface area contributed by atoms with E-state index in [4.69, 9.17) is 15.2 Å². The molecule has 19 heavy (non-hydrogen) atoms. The van der Waals surface area contributed by atoms with Gasteiger partial charge >= 0.3 is 0 Å². The number of methoxy groups -OCH3 is 2. The largest absolute Gasteiger partial charge is 0.377 e. The predicted molar refractivity (Wildman–Crippen MR) is 74.9 cm³/mol. The van der Waals surface area contributed by atoms with Gasteiger partial charge in [0.1, 0.15) is 12.2 Å². The van der Waals surface area contributed by atoms with Gasteiger partial charge in [0.05, 0.1) is 0 Å². The molecule has 5 heteroatoms. The van der Waals surface area contributed by atoms with Gasteiger partial charge in [0.15, 0.2) is 0 Å². The number of likely N-dealkylation sites (tertiary alicyclic amines) is 1. The van der Waals surface area contributed by atoms with Crippen LogP contribution in [0.15, 0.2) is 0 Å². The van der Waals surface area contributed by atoms with Crippen LogP contribution in [0.3, 0.4) is 0 Å². The molecule has 1 heterocycles. The van der Waals surface area contributed by atoms with E-state index in [-0.39, 0.29) is 18.1 Å². The number of carbonyl (C=O) groups excluding carboxylic acids is 1. The van der Waals surface area contributed by atoms with Crippen molar-refractivity contribution in [2.45, 2.75) is 44.8 Å². The Labute approximate surface area is 116 Å². The summed E-state index contributed by atoms with van der Waals surface area (Å²) in [5.41, 5.74) is 5.58. The number of hydrogen-bond donors (Lipinski definition) is 1. The third-order valence-corrected chi connectivity index (χ3v) is 4.09. The number of amides is 1. The zero-order chi connectivity index (χ0) is 14.3. The monoisotopic (exact) mass is 272 g/mol. The zero-order valence-electron chi connectivity index (χ0n) is 12.4. The Morgan fingerprint density at radius 2 is 1.84 bits per heavy atom. The Balaban J connectivity index is 2.38. The minimum Gasteiger partial charge on any atom is -0.377 e. The molecule has 112 valence electrons. The van der Waals surface area contributed by atoms with E-state index < -0.39 is 0 Å². The van der Waals surface area contributed by atoms with E-state index in [1.807, 2.05) is 4.90 Å². The average Bonchev–Trinajstić information content (AvgIpc) is 2.86. The second-order valence-electron chi connectivity index (χ2n) is 5.24. The molecular formula is C14H28N2O3. The number of nitrogens with two attached hydrogens (primary N) is 1. The Bertz CT molecular complexity index is 261. The van der Waals surface area contributed by atoms with Crippen LogP contribution in [0.1, 0.15) is 32.6 Å². The second kappa shape index (κ2) is 8.51. The molecule has 2 N–H and O–H groups in total. The summed E-state index contributed by atoms with van der Waals surface area (Å²) in [6, 6.07) is 0. The molecule has 5 nitrogen and oxygen atoms in total. The summed E-state index contributed by atoms with van der Waals surface area (Å²) in [5, 5.41) is 0. The van der Waals surface area contributed by atoms with Crippen molar-refractivity contribution in [3.05, 3.63) is 0 Å². The average molecular weight is 272 g/mol. The topological polar surface area (TPSA) is 64.8 Å². The second-order valence-corrected chi connectivity index (χ2v) is 5.24. The quantitative estimate of drug-likeness (QED) is 0.716. The molecule has 0 aromatic carbocycles. The number of hydrogen-bond acceptors (Lipinski definition) is 4. The molecule has 3 atom stereocenters. The standard InChI is InChI=1S/C14H28N2O3/c1-4-11(7-8-15)5-6-14(17)16-9-12(18-2)13(10-16)19-3/h11-13H,4-10,15H2,1-3H3. The Kier molecular flexibility index (Phi) is 7.34. The predicted octanol–water partition coefficient (Wildman–Crippen LogP) is 1.01. The van der Waals surface area contributed by atoms with Crippen LogP contribution in [0.4, 0.5) is 0 Å². The fraction of sp³-hybridized carbons (Fsp3) is 0.929. The molecule has 1 amide bonds. The SMILES string of the molecule is CCC(CCN)CCC(=O)N1CC(OC)C(OC)C1. The Hall–Kier alpha value is -0.650. The molecule has 0 aromatic heterocycles. The van der Waals surface area contributed by atoms with Crippen molar-refractivity contribution in [3.8, 4) is 0 Å². The maximum atomic E-state index is 12.2. The van der Waals surface area contributed by atoms with Crippen LogP contribution >= 0.6 is 0 Å². The van der Waals surface area contributed by atoms with E-state index in [1.54, 1.807) is 14.2 Å². The van der Waals surface area contributed by atoms with Gasteiger partial charge in [-0.2, -0.15) is 0 Å². The van der Waals surface area contributed by atoms with E-state index >= 15 is 0 Å².